The number of thioether (sulfide) groups is 1. The number of carbonyl (C=O) groups is 1. The minimum absolute atomic E-state index is 0.0847. The van der Waals surface area contributed by atoms with Crippen LogP contribution in [0.1, 0.15) is 40.2 Å². The quantitative estimate of drug-likeness (QED) is 0.552. The Morgan fingerprint density at radius 2 is 1.83 bits per heavy atom. The van der Waals surface area contributed by atoms with Crippen LogP contribution < -0.4 is 10.2 Å². The van der Waals surface area contributed by atoms with Crippen LogP contribution in [0.4, 0.5) is 11.4 Å². The van der Waals surface area contributed by atoms with Crippen molar-refractivity contribution in [3.05, 3.63) is 71.1 Å². The maximum atomic E-state index is 13.1. The third-order valence-corrected chi connectivity index (χ3v) is 6.38. The normalized spacial score (nSPS) is 13.7. The van der Waals surface area contributed by atoms with E-state index in [1.165, 1.54) is 12.8 Å². The molecule has 6 heteroatoms. The molecule has 150 valence electrons. The Balaban J connectivity index is 1.53. The molecular formula is C23H25N3O2S. The van der Waals surface area contributed by atoms with Gasteiger partial charge in [-0.25, -0.2) is 0 Å². The van der Waals surface area contributed by atoms with Crippen LogP contribution in [-0.4, -0.2) is 24.2 Å². The van der Waals surface area contributed by atoms with E-state index in [9.17, 15) is 4.79 Å². The van der Waals surface area contributed by atoms with Crippen molar-refractivity contribution in [3.8, 4) is 0 Å². The van der Waals surface area contributed by atoms with Crippen LogP contribution in [0, 0.1) is 13.8 Å². The maximum Gasteiger partial charge on any atom is 0.256 e. The second-order valence-corrected chi connectivity index (χ2v) is 8.27. The number of nitrogens with zero attached hydrogens (tertiary/aromatic N) is 2. The summed E-state index contributed by atoms with van der Waals surface area (Å²) in [6.07, 6.45) is 2.40. The zero-order chi connectivity index (χ0) is 20.2. The Kier molecular flexibility index (Phi) is 5.90. The number of aromatic nitrogens is 1. The van der Waals surface area contributed by atoms with E-state index >= 15 is 0 Å². The predicted octanol–water partition coefficient (Wildman–Crippen LogP) is 5.44. The van der Waals surface area contributed by atoms with Crippen molar-refractivity contribution in [2.75, 3.05) is 23.3 Å². The van der Waals surface area contributed by atoms with E-state index in [0.717, 1.165) is 52.1 Å². The SMILES string of the molecule is Cc1noc(C)c1CSc1ccccc1C(=O)Nc1ccccc1N1CCCC1. The summed E-state index contributed by atoms with van der Waals surface area (Å²) in [5, 5.41) is 7.15. The lowest BCUT2D eigenvalue weighted by atomic mass is 10.2. The number of anilines is 2. The zero-order valence-corrected chi connectivity index (χ0v) is 17.6. The highest BCUT2D eigenvalue weighted by Crippen LogP contribution is 2.32. The van der Waals surface area contributed by atoms with Crippen molar-refractivity contribution < 1.29 is 9.32 Å². The van der Waals surface area contributed by atoms with Gasteiger partial charge in [-0.15, -0.1) is 11.8 Å². The summed E-state index contributed by atoms with van der Waals surface area (Å²) in [6.45, 7) is 5.94. The van der Waals surface area contributed by atoms with Gasteiger partial charge in [0.2, 0.25) is 0 Å². The highest BCUT2D eigenvalue weighted by atomic mass is 32.2. The van der Waals surface area contributed by atoms with Gasteiger partial charge >= 0.3 is 0 Å². The number of hydrogen-bond acceptors (Lipinski definition) is 5. The number of amides is 1. The van der Waals surface area contributed by atoms with Crippen LogP contribution in [0.3, 0.4) is 0 Å². The van der Waals surface area contributed by atoms with Gasteiger partial charge in [-0.3, -0.25) is 4.79 Å². The van der Waals surface area contributed by atoms with Crippen molar-refractivity contribution in [2.45, 2.75) is 37.3 Å². The first kappa shape index (κ1) is 19.6. The average Bonchev–Trinajstić information content (AvgIpc) is 3.38. The number of para-hydroxylation sites is 2. The molecular weight excluding hydrogens is 382 g/mol. The lowest BCUT2D eigenvalue weighted by Gasteiger charge is -2.21. The van der Waals surface area contributed by atoms with Crippen molar-refractivity contribution in [1.29, 1.82) is 0 Å². The van der Waals surface area contributed by atoms with E-state index < -0.39 is 0 Å². The van der Waals surface area contributed by atoms with E-state index in [-0.39, 0.29) is 5.91 Å². The minimum Gasteiger partial charge on any atom is -0.370 e. The molecule has 29 heavy (non-hydrogen) atoms. The largest absolute Gasteiger partial charge is 0.370 e. The highest BCUT2D eigenvalue weighted by Gasteiger charge is 2.19. The van der Waals surface area contributed by atoms with Gasteiger partial charge in [0, 0.05) is 29.3 Å². The fourth-order valence-corrected chi connectivity index (χ4v) is 4.84. The average molecular weight is 408 g/mol. The van der Waals surface area contributed by atoms with Gasteiger partial charge in [0.25, 0.3) is 5.91 Å². The van der Waals surface area contributed by atoms with E-state index in [1.54, 1.807) is 11.8 Å². The molecule has 1 aromatic heterocycles. The molecule has 1 amide bonds. The van der Waals surface area contributed by atoms with Gasteiger partial charge in [-0.1, -0.05) is 29.4 Å². The second kappa shape index (κ2) is 8.74. The van der Waals surface area contributed by atoms with E-state index in [4.69, 9.17) is 4.52 Å². The molecule has 1 N–H and O–H groups in total. The molecule has 1 fully saturated rings. The Bertz CT molecular complexity index is 989. The molecule has 2 aromatic carbocycles. The first-order valence-corrected chi connectivity index (χ1v) is 10.9. The van der Waals surface area contributed by atoms with Crippen molar-refractivity contribution in [3.63, 3.8) is 0 Å². The molecule has 0 unspecified atom stereocenters. The first-order chi connectivity index (χ1) is 14.1. The zero-order valence-electron chi connectivity index (χ0n) is 16.8. The number of benzene rings is 2. The van der Waals surface area contributed by atoms with Crippen molar-refractivity contribution in [1.82, 2.24) is 5.16 Å². The fraction of sp³-hybridized carbons (Fsp3) is 0.304. The second-order valence-electron chi connectivity index (χ2n) is 7.25. The topological polar surface area (TPSA) is 58.4 Å². The lowest BCUT2D eigenvalue weighted by molar-refractivity contribution is 0.102. The van der Waals surface area contributed by atoms with Crippen molar-refractivity contribution >= 4 is 29.0 Å². The van der Waals surface area contributed by atoms with Gasteiger partial charge in [0.15, 0.2) is 0 Å². The molecule has 0 aliphatic carbocycles. The summed E-state index contributed by atoms with van der Waals surface area (Å²) in [5.74, 6) is 1.46. The number of hydrogen-bond donors (Lipinski definition) is 1. The van der Waals surface area contributed by atoms with E-state index in [2.05, 4.69) is 21.4 Å². The number of aryl methyl sites for hydroxylation is 2. The van der Waals surface area contributed by atoms with Crippen molar-refractivity contribution in [2.24, 2.45) is 0 Å². The van der Waals surface area contributed by atoms with E-state index in [1.807, 2.05) is 56.3 Å². The predicted molar refractivity (Wildman–Crippen MR) is 118 cm³/mol. The summed E-state index contributed by atoms with van der Waals surface area (Å²) < 4.78 is 5.26. The standard InChI is InChI=1S/C23H25N3O2S/c1-16-19(17(2)28-25-16)15-29-22-12-6-3-9-18(22)23(27)24-20-10-4-5-11-21(20)26-13-7-8-14-26/h3-6,9-12H,7-8,13-15H2,1-2H3,(H,24,27). The Morgan fingerprint density at radius 3 is 2.59 bits per heavy atom. The first-order valence-electron chi connectivity index (χ1n) is 9.92. The van der Waals surface area contributed by atoms with Gasteiger partial charge in [0.1, 0.15) is 5.76 Å². The number of carbonyl (C=O) groups excluding carboxylic acids is 1. The van der Waals surface area contributed by atoms with Gasteiger partial charge in [-0.05, 0) is 51.0 Å². The summed E-state index contributed by atoms with van der Waals surface area (Å²) in [5.41, 5.74) is 4.63. The summed E-state index contributed by atoms with van der Waals surface area (Å²) >= 11 is 1.63. The van der Waals surface area contributed by atoms with Gasteiger partial charge < -0.3 is 14.7 Å². The number of rotatable bonds is 6. The van der Waals surface area contributed by atoms with E-state index in [0.29, 0.717) is 5.56 Å². The fourth-order valence-electron chi connectivity index (χ4n) is 3.64. The molecule has 2 heterocycles. The monoisotopic (exact) mass is 407 g/mol. The molecule has 0 saturated carbocycles. The molecule has 0 spiro atoms. The summed E-state index contributed by atoms with van der Waals surface area (Å²) in [4.78, 5) is 16.4. The Hall–Kier alpha value is -2.73. The molecule has 0 bridgehead atoms. The molecule has 0 atom stereocenters. The molecule has 1 aliphatic rings. The Morgan fingerprint density at radius 1 is 1.10 bits per heavy atom. The molecule has 1 saturated heterocycles. The highest BCUT2D eigenvalue weighted by molar-refractivity contribution is 7.98. The van der Waals surface area contributed by atoms with Gasteiger partial charge in [0.05, 0.1) is 22.6 Å². The smallest absolute Gasteiger partial charge is 0.256 e. The number of nitrogens with one attached hydrogen (secondary N) is 1. The van der Waals surface area contributed by atoms with Crippen LogP contribution in [0.25, 0.3) is 0 Å². The van der Waals surface area contributed by atoms with Gasteiger partial charge in [-0.2, -0.15) is 0 Å². The third-order valence-electron chi connectivity index (χ3n) is 5.28. The summed E-state index contributed by atoms with van der Waals surface area (Å²) in [7, 11) is 0. The maximum absolute atomic E-state index is 13.1. The van der Waals surface area contributed by atoms with Crippen LogP contribution in [0.15, 0.2) is 57.9 Å². The lowest BCUT2D eigenvalue weighted by Crippen LogP contribution is -2.21. The molecule has 0 radical (unpaired) electrons. The van der Waals surface area contributed by atoms with Crippen LogP contribution >= 0.6 is 11.8 Å². The molecule has 4 rings (SSSR count). The summed E-state index contributed by atoms with van der Waals surface area (Å²) in [6, 6.07) is 15.8. The van der Waals surface area contributed by atoms with Crippen LogP contribution in [-0.2, 0) is 5.75 Å². The molecule has 1 aliphatic heterocycles. The molecule has 3 aromatic rings. The Labute approximate surface area is 175 Å². The third kappa shape index (κ3) is 4.32. The minimum atomic E-state index is -0.0847. The van der Waals surface area contributed by atoms with Crippen LogP contribution in [0.5, 0.6) is 0 Å². The molecule has 5 nitrogen and oxygen atoms in total. The van der Waals surface area contributed by atoms with Crippen LogP contribution in [0.2, 0.25) is 0 Å².